The monoisotopic (exact) mass is 189 g/mol. The van der Waals surface area contributed by atoms with Crippen LogP contribution in [0.2, 0.25) is 0 Å². The second-order valence-electron chi connectivity index (χ2n) is 3.02. The van der Waals surface area contributed by atoms with Crippen molar-refractivity contribution in [3.05, 3.63) is 36.2 Å². The molecule has 0 N–H and O–H groups in total. The maximum absolute atomic E-state index is 5.05. The van der Waals surface area contributed by atoms with Gasteiger partial charge < -0.3 is 4.52 Å². The summed E-state index contributed by atoms with van der Waals surface area (Å²) in [6.45, 7) is 1.80. The van der Waals surface area contributed by atoms with E-state index >= 15 is 0 Å². The first kappa shape index (κ1) is 8.74. The molecule has 1 aromatic heterocycles. The zero-order valence-electron chi connectivity index (χ0n) is 8.14. The molecule has 0 atom stereocenters. The Hall–Kier alpha value is -1.84. The quantitative estimate of drug-likeness (QED) is 0.725. The van der Waals surface area contributed by atoms with E-state index in [1.165, 1.54) is 0 Å². The lowest BCUT2D eigenvalue weighted by atomic mass is 10.3. The van der Waals surface area contributed by atoms with Crippen LogP contribution in [0, 0.1) is 6.92 Å². The summed E-state index contributed by atoms with van der Waals surface area (Å²) in [5, 5.41) is 3.74. The van der Waals surface area contributed by atoms with Gasteiger partial charge in [-0.25, -0.2) is 0 Å². The highest BCUT2D eigenvalue weighted by atomic mass is 16.5. The Balaban J connectivity index is 2.29. The summed E-state index contributed by atoms with van der Waals surface area (Å²) in [6.07, 6.45) is 0. The van der Waals surface area contributed by atoms with Crippen LogP contribution in [0.25, 0.3) is 0 Å². The molecule has 0 bridgehead atoms. The number of nitrogens with zero attached hydrogens (tertiary/aromatic N) is 3. The highest BCUT2D eigenvalue weighted by Crippen LogP contribution is 2.20. The van der Waals surface area contributed by atoms with Crippen LogP contribution >= 0.6 is 0 Å². The third-order valence-electron chi connectivity index (χ3n) is 1.95. The summed E-state index contributed by atoms with van der Waals surface area (Å²) in [6, 6.07) is 10.4. The molecular formula is C10H11N3O. The molecule has 14 heavy (non-hydrogen) atoms. The van der Waals surface area contributed by atoms with Crippen molar-refractivity contribution in [3.63, 3.8) is 0 Å². The van der Waals surface area contributed by atoms with E-state index in [0.29, 0.717) is 11.8 Å². The first-order valence-corrected chi connectivity index (χ1v) is 4.36. The van der Waals surface area contributed by atoms with Crippen molar-refractivity contribution in [2.24, 2.45) is 0 Å². The van der Waals surface area contributed by atoms with E-state index in [1.807, 2.05) is 42.3 Å². The fourth-order valence-electron chi connectivity index (χ4n) is 1.18. The zero-order valence-corrected chi connectivity index (χ0v) is 8.14. The predicted octanol–water partition coefficient (Wildman–Crippen LogP) is 2.15. The fourth-order valence-corrected chi connectivity index (χ4v) is 1.18. The zero-order chi connectivity index (χ0) is 9.97. The number of hydrogen-bond donors (Lipinski definition) is 0. The molecule has 0 spiro atoms. The number of anilines is 2. The molecule has 0 fully saturated rings. The van der Waals surface area contributed by atoms with Gasteiger partial charge >= 0.3 is 6.01 Å². The topological polar surface area (TPSA) is 42.2 Å². The molecule has 4 nitrogen and oxygen atoms in total. The standard InChI is InChI=1S/C10H11N3O/c1-8-11-10(14-12-8)13(2)9-6-4-3-5-7-9/h3-7H,1-2H3. The Morgan fingerprint density at radius 1 is 1.21 bits per heavy atom. The van der Waals surface area contributed by atoms with Crippen LogP contribution in [0.15, 0.2) is 34.9 Å². The molecule has 0 amide bonds. The Labute approximate surface area is 82.2 Å². The first-order valence-electron chi connectivity index (χ1n) is 4.36. The lowest BCUT2D eigenvalue weighted by molar-refractivity contribution is 0.419. The SMILES string of the molecule is Cc1noc(N(C)c2ccccc2)n1. The summed E-state index contributed by atoms with van der Waals surface area (Å²) in [7, 11) is 1.89. The lowest BCUT2D eigenvalue weighted by Gasteiger charge is -2.12. The van der Waals surface area contributed by atoms with Crippen LogP contribution in [-0.4, -0.2) is 17.2 Å². The molecule has 1 heterocycles. The number of para-hydroxylation sites is 1. The Kier molecular flexibility index (Phi) is 2.18. The van der Waals surface area contributed by atoms with E-state index in [9.17, 15) is 0 Å². The minimum Gasteiger partial charge on any atom is -0.315 e. The summed E-state index contributed by atoms with van der Waals surface area (Å²) in [4.78, 5) is 5.98. The first-order chi connectivity index (χ1) is 6.77. The van der Waals surface area contributed by atoms with Gasteiger partial charge in [0.05, 0.1) is 0 Å². The minimum atomic E-state index is 0.508. The lowest BCUT2D eigenvalue weighted by Crippen LogP contribution is -2.09. The molecule has 4 heteroatoms. The van der Waals surface area contributed by atoms with Gasteiger partial charge in [0.2, 0.25) is 0 Å². The van der Waals surface area contributed by atoms with E-state index in [1.54, 1.807) is 6.92 Å². The van der Waals surface area contributed by atoms with Crippen LogP contribution in [0.5, 0.6) is 0 Å². The molecule has 2 rings (SSSR count). The predicted molar refractivity (Wildman–Crippen MR) is 53.5 cm³/mol. The van der Waals surface area contributed by atoms with Crippen LogP contribution < -0.4 is 4.90 Å². The number of rotatable bonds is 2. The average Bonchev–Trinajstić information content (AvgIpc) is 2.65. The van der Waals surface area contributed by atoms with Gasteiger partial charge in [-0.15, -0.1) is 0 Å². The summed E-state index contributed by atoms with van der Waals surface area (Å²) in [5.41, 5.74) is 1.02. The summed E-state index contributed by atoms with van der Waals surface area (Å²) >= 11 is 0. The Morgan fingerprint density at radius 3 is 2.50 bits per heavy atom. The molecule has 1 aromatic carbocycles. The number of aryl methyl sites for hydroxylation is 1. The van der Waals surface area contributed by atoms with Gasteiger partial charge in [0.1, 0.15) is 0 Å². The van der Waals surface area contributed by atoms with Crippen molar-refractivity contribution in [3.8, 4) is 0 Å². The maximum Gasteiger partial charge on any atom is 0.328 e. The minimum absolute atomic E-state index is 0.508. The van der Waals surface area contributed by atoms with Crippen LogP contribution in [-0.2, 0) is 0 Å². The van der Waals surface area contributed by atoms with Crippen molar-refractivity contribution in [2.75, 3.05) is 11.9 Å². The molecule has 0 aliphatic heterocycles. The maximum atomic E-state index is 5.05. The van der Waals surface area contributed by atoms with Crippen molar-refractivity contribution in [1.82, 2.24) is 10.1 Å². The smallest absolute Gasteiger partial charge is 0.315 e. The molecule has 0 saturated carbocycles. The van der Waals surface area contributed by atoms with Gasteiger partial charge in [-0.3, -0.25) is 4.90 Å². The molecule has 0 unspecified atom stereocenters. The van der Waals surface area contributed by atoms with Gasteiger partial charge in [-0.05, 0) is 19.1 Å². The van der Waals surface area contributed by atoms with Crippen molar-refractivity contribution >= 4 is 11.7 Å². The Bertz CT molecular complexity index is 410. The fraction of sp³-hybridized carbons (Fsp3) is 0.200. The van der Waals surface area contributed by atoms with Crippen molar-refractivity contribution in [1.29, 1.82) is 0 Å². The number of aromatic nitrogens is 2. The Morgan fingerprint density at radius 2 is 1.93 bits per heavy atom. The van der Waals surface area contributed by atoms with E-state index < -0.39 is 0 Å². The number of benzene rings is 1. The third-order valence-corrected chi connectivity index (χ3v) is 1.95. The van der Waals surface area contributed by atoms with Gasteiger partial charge in [0, 0.05) is 12.7 Å². The van der Waals surface area contributed by atoms with E-state index in [2.05, 4.69) is 10.1 Å². The van der Waals surface area contributed by atoms with E-state index in [4.69, 9.17) is 4.52 Å². The van der Waals surface area contributed by atoms with Crippen LogP contribution in [0.4, 0.5) is 11.7 Å². The van der Waals surface area contributed by atoms with Gasteiger partial charge in [0.25, 0.3) is 0 Å². The van der Waals surface area contributed by atoms with Crippen LogP contribution in [0.3, 0.4) is 0 Å². The second kappa shape index (κ2) is 3.49. The molecule has 72 valence electrons. The van der Waals surface area contributed by atoms with Gasteiger partial charge in [0.15, 0.2) is 5.82 Å². The highest BCUT2D eigenvalue weighted by molar-refractivity contribution is 5.54. The molecule has 0 aliphatic carbocycles. The van der Waals surface area contributed by atoms with Gasteiger partial charge in [-0.1, -0.05) is 23.4 Å². The van der Waals surface area contributed by atoms with Crippen molar-refractivity contribution in [2.45, 2.75) is 6.92 Å². The highest BCUT2D eigenvalue weighted by Gasteiger charge is 2.09. The molecule has 0 saturated heterocycles. The molecular weight excluding hydrogens is 178 g/mol. The average molecular weight is 189 g/mol. The van der Waals surface area contributed by atoms with Crippen molar-refractivity contribution < 1.29 is 4.52 Å². The normalized spacial score (nSPS) is 10.1. The van der Waals surface area contributed by atoms with E-state index in [-0.39, 0.29) is 0 Å². The third kappa shape index (κ3) is 1.59. The summed E-state index contributed by atoms with van der Waals surface area (Å²) < 4.78 is 5.05. The number of hydrogen-bond acceptors (Lipinski definition) is 4. The summed E-state index contributed by atoms with van der Waals surface area (Å²) in [5.74, 6) is 0.641. The largest absolute Gasteiger partial charge is 0.328 e. The molecule has 0 radical (unpaired) electrons. The molecule has 2 aromatic rings. The van der Waals surface area contributed by atoms with Gasteiger partial charge in [-0.2, -0.15) is 4.98 Å². The second-order valence-corrected chi connectivity index (χ2v) is 3.02. The van der Waals surface area contributed by atoms with Crippen LogP contribution in [0.1, 0.15) is 5.82 Å². The molecule has 0 aliphatic rings. The van der Waals surface area contributed by atoms with E-state index in [0.717, 1.165) is 5.69 Å².